The van der Waals surface area contributed by atoms with Crippen LogP contribution in [0, 0.1) is 26.7 Å². The molecule has 1 fully saturated rings. The maximum Gasteiger partial charge on any atom is 0.159 e. The Morgan fingerprint density at radius 3 is 2.96 bits per heavy atom. The van der Waals surface area contributed by atoms with Crippen LogP contribution in [0.15, 0.2) is 24.5 Å². The molecule has 0 amide bonds. The van der Waals surface area contributed by atoms with Gasteiger partial charge in [-0.05, 0) is 39.3 Å². The minimum atomic E-state index is 0.417. The second kappa shape index (κ2) is 7.70. The van der Waals surface area contributed by atoms with E-state index in [9.17, 15) is 0 Å². The van der Waals surface area contributed by atoms with E-state index < -0.39 is 0 Å². The molecule has 7 nitrogen and oxygen atoms in total. The molecule has 4 heterocycles. The molecule has 3 aromatic heterocycles. The third-order valence-electron chi connectivity index (χ3n) is 5.00. The lowest BCUT2D eigenvalue weighted by Gasteiger charge is -2.22. The summed E-state index contributed by atoms with van der Waals surface area (Å²) in [6.45, 7) is 10.3. The summed E-state index contributed by atoms with van der Waals surface area (Å²) in [5, 5.41) is 4.52. The smallest absolute Gasteiger partial charge is 0.159 e. The number of rotatable bonds is 4. The zero-order valence-corrected chi connectivity index (χ0v) is 16.2. The predicted octanol–water partition coefficient (Wildman–Crippen LogP) is 2.14. The van der Waals surface area contributed by atoms with Crippen molar-refractivity contribution in [2.45, 2.75) is 33.7 Å². The van der Waals surface area contributed by atoms with Crippen molar-refractivity contribution in [2.24, 2.45) is 5.92 Å². The molecule has 1 aliphatic heterocycles. The standard InChI is InChI=1S/C20H26N6O/c1-14-8-15(2)26-20(23-14)18(10-22-26)12-25-6-7-27-13-17(11-25)9-19-4-5-21-16(3)24-19/h4-5,8,10,17H,6-7,9,11-13H2,1-3H3. The number of aryl methyl sites for hydroxylation is 3. The molecule has 0 radical (unpaired) electrons. The van der Waals surface area contributed by atoms with Crippen molar-refractivity contribution >= 4 is 5.65 Å². The van der Waals surface area contributed by atoms with Crippen molar-refractivity contribution in [3.05, 3.63) is 53.0 Å². The molecule has 1 saturated heterocycles. The Labute approximate surface area is 159 Å². The number of fused-ring (bicyclic) bond motifs is 1. The molecule has 0 saturated carbocycles. The van der Waals surface area contributed by atoms with Crippen molar-refractivity contribution in [3.8, 4) is 0 Å². The highest BCUT2D eigenvalue weighted by molar-refractivity contribution is 5.47. The minimum absolute atomic E-state index is 0.417. The van der Waals surface area contributed by atoms with E-state index in [1.165, 1.54) is 5.56 Å². The van der Waals surface area contributed by atoms with Gasteiger partial charge in [-0.2, -0.15) is 5.10 Å². The highest BCUT2D eigenvalue weighted by Gasteiger charge is 2.21. The fourth-order valence-corrected chi connectivity index (χ4v) is 3.80. The van der Waals surface area contributed by atoms with Crippen LogP contribution in [-0.2, 0) is 17.7 Å². The molecule has 142 valence electrons. The molecule has 1 unspecified atom stereocenters. The van der Waals surface area contributed by atoms with Crippen molar-refractivity contribution < 1.29 is 4.74 Å². The lowest BCUT2D eigenvalue weighted by atomic mass is 10.0. The number of hydrogen-bond donors (Lipinski definition) is 0. The molecule has 0 aliphatic carbocycles. The number of nitrogens with zero attached hydrogens (tertiary/aromatic N) is 6. The van der Waals surface area contributed by atoms with Crippen molar-refractivity contribution in [3.63, 3.8) is 0 Å². The predicted molar refractivity (Wildman–Crippen MR) is 103 cm³/mol. The SMILES string of the molecule is Cc1cc(C)n2ncc(CN3CCOCC(Cc4ccnc(C)n4)C3)c2n1. The minimum Gasteiger partial charge on any atom is -0.380 e. The largest absolute Gasteiger partial charge is 0.380 e. The maximum atomic E-state index is 5.86. The van der Waals surface area contributed by atoms with Gasteiger partial charge in [-0.25, -0.2) is 19.5 Å². The second-order valence-corrected chi connectivity index (χ2v) is 7.42. The Morgan fingerprint density at radius 2 is 2.11 bits per heavy atom. The van der Waals surface area contributed by atoms with Crippen LogP contribution in [0.2, 0.25) is 0 Å². The fraction of sp³-hybridized carbons (Fsp3) is 0.500. The van der Waals surface area contributed by atoms with Gasteiger partial charge in [0.1, 0.15) is 5.82 Å². The molecular formula is C20H26N6O. The van der Waals surface area contributed by atoms with Crippen molar-refractivity contribution in [1.29, 1.82) is 0 Å². The van der Waals surface area contributed by atoms with Gasteiger partial charge in [0.25, 0.3) is 0 Å². The maximum absolute atomic E-state index is 5.86. The van der Waals surface area contributed by atoms with Crippen LogP contribution in [-0.4, -0.2) is 55.8 Å². The Morgan fingerprint density at radius 1 is 1.22 bits per heavy atom. The van der Waals surface area contributed by atoms with E-state index in [1.807, 2.05) is 36.8 Å². The van der Waals surface area contributed by atoms with E-state index in [-0.39, 0.29) is 0 Å². The highest BCUT2D eigenvalue weighted by atomic mass is 16.5. The van der Waals surface area contributed by atoms with E-state index in [2.05, 4.69) is 33.0 Å². The van der Waals surface area contributed by atoms with Crippen LogP contribution in [0.25, 0.3) is 5.65 Å². The van der Waals surface area contributed by atoms with Gasteiger partial charge in [0.05, 0.1) is 19.4 Å². The van der Waals surface area contributed by atoms with Crippen molar-refractivity contribution in [1.82, 2.24) is 29.5 Å². The summed E-state index contributed by atoms with van der Waals surface area (Å²) >= 11 is 0. The van der Waals surface area contributed by atoms with Crippen LogP contribution in [0.5, 0.6) is 0 Å². The average molecular weight is 366 g/mol. The van der Waals surface area contributed by atoms with Crippen LogP contribution >= 0.6 is 0 Å². The van der Waals surface area contributed by atoms with Crippen LogP contribution in [0.4, 0.5) is 0 Å². The molecule has 27 heavy (non-hydrogen) atoms. The van der Waals surface area contributed by atoms with Crippen molar-refractivity contribution in [2.75, 3.05) is 26.3 Å². The summed E-state index contributed by atoms with van der Waals surface area (Å²) in [5.74, 6) is 1.24. The molecule has 0 N–H and O–H groups in total. The monoisotopic (exact) mass is 366 g/mol. The van der Waals surface area contributed by atoms with Gasteiger partial charge in [-0.15, -0.1) is 0 Å². The Bertz CT molecular complexity index is 937. The third kappa shape index (κ3) is 4.14. The second-order valence-electron chi connectivity index (χ2n) is 7.42. The van der Waals surface area contributed by atoms with Gasteiger partial charge < -0.3 is 4.74 Å². The zero-order valence-electron chi connectivity index (χ0n) is 16.2. The van der Waals surface area contributed by atoms with Gasteiger partial charge in [0.15, 0.2) is 5.65 Å². The zero-order chi connectivity index (χ0) is 18.8. The molecule has 4 rings (SSSR count). The topological polar surface area (TPSA) is 68.4 Å². The Hall–Kier alpha value is -2.38. The molecule has 7 heteroatoms. The van der Waals surface area contributed by atoms with Gasteiger partial charge in [0, 0.05) is 54.4 Å². The number of ether oxygens (including phenoxy) is 1. The molecule has 0 aromatic carbocycles. The van der Waals surface area contributed by atoms with E-state index in [4.69, 9.17) is 9.72 Å². The van der Waals surface area contributed by atoms with Crippen LogP contribution in [0.3, 0.4) is 0 Å². The van der Waals surface area contributed by atoms with Crippen LogP contribution < -0.4 is 0 Å². The number of aromatic nitrogens is 5. The van der Waals surface area contributed by atoms with Crippen LogP contribution in [0.1, 0.15) is 28.5 Å². The Balaban J connectivity index is 1.50. The quantitative estimate of drug-likeness (QED) is 0.705. The summed E-state index contributed by atoms with van der Waals surface area (Å²) in [5.41, 5.74) is 5.35. The fourth-order valence-electron chi connectivity index (χ4n) is 3.80. The summed E-state index contributed by atoms with van der Waals surface area (Å²) < 4.78 is 7.79. The summed E-state index contributed by atoms with van der Waals surface area (Å²) in [7, 11) is 0. The van der Waals surface area contributed by atoms with E-state index in [0.29, 0.717) is 5.92 Å². The summed E-state index contributed by atoms with van der Waals surface area (Å²) in [4.78, 5) is 15.9. The lowest BCUT2D eigenvalue weighted by molar-refractivity contribution is 0.121. The first-order chi connectivity index (χ1) is 13.1. The first-order valence-corrected chi connectivity index (χ1v) is 9.48. The summed E-state index contributed by atoms with van der Waals surface area (Å²) in [6.07, 6.45) is 4.69. The van der Waals surface area contributed by atoms with E-state index >= 15 is 0 Å². The summed E-state index contributed by atoms with van der Waals surface area (Å²) in [6, 6.07) is 4.06. The molecule has 0 spiro atoms. The first kappa shape index (κ1) is 18.0. The molecule has 3 aromatic rings. The number of hydrogen-bond acceptors (Lipinski definition) is 6. The van der Waals surface area contributed by atoms with Gasteiger partial charge in [-0.3, -0.25) is 4.90 Å². The average Bonchev–Trinajstić information content (AvgIpc) is 2.88. The third-order valence-corrected chi connectivity index (χ3v) is 5.00. The van der Waals surface area contributed by atoms with Gasteiger partial charge in [-0.1, -0.05) is 0 Å². The molecule has 1 atom stereocenters. The van der Waals surface area contributed by atoms with E-state index in [0.717, 1.165) is 67.8 Å². The van der Waals surface area contributed by atoms with Gasteiger partial charge >= 0.3 is 0 Å². The molecule has 0 bridgehead atoms. The molecular weight excluding hydrogens is 340 g/mol. The Kier molecular flexibility index (Phi) is 5.13. The normalized spacial score (nSPS) is 18.7. The lowest BCUT2D eigenvalue weighted by Crippen LogP contribution is -2.30. The van der Waals surface area contributed by atoms with Gasteiger partial charge in [0.2, 0.25) is 0 Å². The molecule has 1 aliphatic rings. The van der Waals surface area contributed by atoms with E-state index in [1.54, 1.807) is 0 Å². The first-order valence-electron chi connectivity index (χ1n) is 9.48. The highest BCUT2D eigenvalue weighted by Crippen LogP contribution is 2.18.